The fraction of sp³-hybridized carbons (Fsp3) is 0.143. The fourth-order valence-corrected chi connectivity index (χ4v) is 2.63. The standard InChI is InChI=1S/C21H16F5N3O2/c1-31-16-8-2-12(3-9-16)20(30)28-14-6-4-13(5-7-14)27-15-10-17(19(22)23)29-18(11-15)21(24,25)26/h2-11,19H,1H3,(H,27,29)(H,28,30). The van der Waals surface area contributed by atoms with E-state index in [4.69, 9.17) is 4.74 Å². The van der Waals surface area contributed by atoms with Crippen LogP contribution in [0.4, 0.5) is 39.0 Å². The molecule has 31 heavy (non-hydrogen) atoms. The number of methoxy groups -OCH3 is 1. The summed E-state index contributed by atoms with van der Waals surface area (Å²) in [5.74, 6) is 0.237. The molecule has 3 rings (SSSR count). The van der Waals surface area contributed by atoms with Gasteiger partial charge in [-0.3, -0.25) is 4.79 Å². The molecule has 0 saturated heterocycles. The van der Waals surface area contributed by atoms with Crippen LogP contribution in [0.1, 0.15) is 28.2 Å². The Morgan fingerprint density at radius 1 is 0.935 bits per heavy atom. The highest BCUT2D eigenvalue weighted by Crippen LogP contribution is 2.33. The molecule has 0 spiro atoms. The number of amides is 1. The van der Waals surface area contributed by atoms with Gasteiger partial charge < -0.3 is 15.4 Å². The molecular formula is C21H16F5N3O2. The molecule has 0 fully saturated rings. The van der Waals surface area contributed by atoms with E-state index in [2.05, 4.69) is 15.6 Å². The van der Waals surface area contributed by atoms with Crippen LogP contribution in [0.25, 0.3) is 0 Å². The van der Waals surface area contributed by atoms with Gasteiger partial charge in [-0.15, -0.1) is 0 Å². The number of pyridine rings is 1. The second-order valence-electron chi connectivity index (χ2n) is 6.35. The zero-order valence-corrected chi connectivity index (χ0v) is 16.0. The van der Waals surface area contributed by atoms with Crippen LogP contribution in [0.3, 0.4) is 0 Å². The predicted octanol–water partition coefficient (Wildman–Crippen LogP) is 6.04. The van der Waals surface area contributed by atoms with Crippen LogP contribution in [0, 0.1) is 0 Å². The smallest absolute Gasteiger partial charge is 0.433 e. The lowest BCUT2D eigenvalue weighted by molar-refractivity contribution is -0.141. The molecular weight excluding hydrogens is 421 g/mol. The maximum Gasteiger partial charge on any atom is 0.433 e. The minimum Gasteiger partial charge on any atom is -0.497 e. The fourth-order valence-electron chi connectivity index (χ4n) is 2.63. The number of rotatable bonds is 6. The first-order chi connectivity index (χ1) is 14.7. The van der Waals surface area contributed by atoms with Crippen molar-refractivity contribution in [2.45, 2.75) is 12.6 Å². The summed E-state index contributed by atoms with van der Waals surface area (Å²) in [6.45, 7) is 0. The molecule has 0 unspecified atom stereocenters. The summed E-state index contributed by atoms with van der Waals surface area (Å²) in [7, 11) is 1.51. The Morgan fingerprint density at radius 2 is 1.55 bits per heavy atom. The highest BCUT2D eigenvalue weighted by molar-refractivity contribution is 6.04. The van der Waals surface area contributed by atoms with E-state index in [1.807, 2.05) is 0 Å². The van der Waals surface area contributed by atoms with Crippen LogP contribution >= 0.6 is 0 Å². The first-order valence-electron chi connectivity index (χ1n) is 8.85. The van der Waals surface area contributed by atoms with Gasteiger partial charge in [0.2, 0.25) is 0 Å². The van der Waals surface area contributed by atoms with Crippen molar-refractivity contribution < 1.29 is 31.5 Å². The topological polar surface area (TPSA) is 63.2 Å². The normalized spacial score (nSPS) is 11.3. The third-order valence-corrected chi connectivity index (χ3v) is 4.14. The van der Waals surface area contributed by atoms with Crippen LogP contribution in [0.15, 0.2) is 60.7 Å². The van der Waals surface area contributed by atoms with E-state index < -0.39 is 24.0 Å². The number of alkyl halides is 5. The molecule has 5 nitrogen and oxygen atoms in total. The Kier molecular flexibility index (Phi) is 6.38. The van der Waals surface area contributed by atoms with Gasteiger partial charge in [-0.05, 0) is 60.7 Å². The summed E-state index contributed by atoms with van der Waals surface area (Å²) < 4.78 is 69.6. The number of nitrogens with zero attached hydrogens (tertiary/aromatic N) is 1. The van der Waals surface area contributed by atoms with Crippen molar-refractivity contribution in [3.8, 4) is 5.75 Å². The second kappa shape index (κ2) is 8.99. The molecule has 0 radical (unpaired) electrons. The molecule has 0 aliphatic heterocycles. The van der Waals surface area contributed by atoms with Gasteiger partial charge >= 0.3 is 6.18 Å². The third-order valence-electron chi connectivity index (χ3n) is 4.14. The lowest BCUT2D eigenvalue weighted by Gasteiger charge is -2.13. The Labute approximate surface area is 173 Å². The van der Waals surface area contributed by atoms with Crippen molar-refractivity contribution in [2.24, 2.45) is 0 Å². The molecule has 1 amide bonds. The van der Waals surface area contributed by atoms with Crippen molar-refractivity contribution in [2.75, 3.05) is 17.7 Å². The number of halogens is 5. The van der Waals surface area contributed by atoms with Crippen molar-refractivity contribution in [1.29, 1.82) is 0 Å². The van der Waals surface area contributed by atoms with E-state index >= 15 is 0 Å². The molecule has 0 atom stereocenters. The van der Waals surface area contributed by atoms with Crippen molar-refractivity contribution in [3.05, 3.63) is 77.6 Å². The number of anilines is 3. The van der Waals surface area contributed by atoms with E-state index in [0.717, 1.165) is 6.07 Å². The van der Waals surface area contributed by atoms with E-state index in [1.165, 1.54) is 31.4 Å². The highest BCUT2D eigenvalue weighted by atomic mass is 19.4. The van der Waals surface area contributed by atoms with Crippen LogP contribution in [-0.2, 0) is 6.18 Å². The van der Waals surface area contributed by atoms with E-state index in [1.54, 1.807) is 24.3 Å². The van der Waals surface area contributed by atoms with Gasteiger partial charge in [-0.2, -0.15) is 13.2 Å². The molecule has 0 aliphatic rings. The number of hydrogen-bond acceptors (Lipinski definition) is 4. The van der Waals surface area contributed by atoms with Gasteiger partial charge in [0.05, 0.1) is 7.11 Å². The molecule has 1 aromatic heterocycles. The quantitative estimate of drug-likeness (QED) is 0.462. The van der Waals surface area contributed by atoms with Crippen molar-refractivity contribution >= 4 is 23.0 Å². The summed E-state index contributed by atoms with van der Waals surface area (Å²) in [5.41, 5.74) is -1.42. The Bertz CT molecular complexity index is 1050. The predicted molar refractivity (Wildman–Crippen MR) is 105 cm³/mol. The zero-order chi connectivity index (χ0) is 22.6. The third kappa shape index (κ3) is 5.68. The summed E-state index contributed by atoms with van der Waals surface area (Å²) in [4.78, 5) is 15.2. The van der Waals surface area contributed by atoms with Crippen LogP contribution < -0.4 is 15.4 Å². The van der Waals surface area contributed by atoms with Gasteiger partial charge in [0.25, 0.3) is 12.3 Å². The number of carbonyl (C=O) groups is 1. The summed E-state index contributed by atoms with van der Waals surface area (Å²) in [6.07, 6.45) is -8.02. The average molecular weight is 437 g/mol. The van der Waals surface area contributed by atoms with Gasteiger partial charge in [-0.25, -0.2) is 13.8 Å². The van der Waals surface area contributed by atoms with E-state index in [9.17, 15) is 26.7 Å². The van der Waals surface area contributed by atoms with Crippen LogP contribution in [0.2, 0.25) is 0 Å². The SMILES string of the molecule is COc1ccc(C(=O)Nc2ccc(Nc3cc(C(F)F)nc(C(F)(F)F)c3)cc2)cc1. The van der Waals surface area contributed by atoms with E-state index in [-0.39, 0.29) is 11.6 Å². The molecule has 3 aromatic rings. The Balaban J connectivity index is 1.73. The largest absolute Gasteiger partial charge is 0.497 e. The zero-order valence-electron chi connectivity index (χ0n) is 16.0. The molecule has 0 saturated carbocycles. The first-order valence-corrected chi connectivity index (χ1v) is 8.85. The molecule has 1 heterocycles. The van der Waals surface area contributed by atoms with E-state index in [0.29, 0.717) is 28.8 Å². The molecule has 0 bridgehead atoms. The van der Waals surface area contributed by atoms with Gasteiger partial charge in [-0.1, -0.05) is 0 Å². The van der Waals surface area contributed by atoms with Gasteiger partial charge in [0, 0.05) is 22.6 Å². The Hall–Kier alpha value is -3.69. The minimum atomic E-state index is -4.86. The molecule has 10 heteroatoms. The molecule has 2 aromatic carbocycles. The number of aromatic nitrogens is 1. The minimum absolute atomic E-state index is 0.187. The number of ether oxygens (including phenoxy) is 1. The lowest BCUT2D eigenvalue weighted by Crippen LogP contribution is -2.12. The summed E-state index contributed by atoms with van der Waals surface area (Å²) in [6, 6.07) is 14.0. The van der Waals surface area contributed by atoms with Gasteiger partial charge in [0.15, 0.2) is 0 Å². The summed E-state index contributed by atoms with van der Waals surface area (Å²) in [5, 5.41) is 5.31. The highest BCUT2D eigenvalue weighted by Gasteiger charge is 2.34. The molecule has 162 valence electrons. The summed E-state index contributed by atoms with van der Waals surface area (Å²) >= 11 is 0. The number of hydrogen-bond donors (Lipinski definition) is 2. The van der Waals surface area contributed by atoms with Crippen LogP contribution in [0.5, 0.6) is 5.75 Å². The first kappa shape index (κ1) is 22.0. The number of carbonyl (C=O) groups excluding carboxylic acids is 1. The number of benzene rings is 2. The lowest BCUT2D eigenvalue weighted by atomic mass is 10.2. The molecule has 0 aliphatic carbocycles. The van der Waals surface area contributed by atoms with Crippen LogP contribution in [-0.4, -0.2) is 18.0 Å². The monoisotopic (exact) mass is 437 g/mol. The van der Waals surface area contributed by atoms with Crippen molar-refractivity contribution in [3.63, 3.8) is 0 Å². The Morgan fingerprint density at radius 3 is 2.10 bits per heavy atom. The van der Waals surface area contributed by atoms with Crippen molar-refractivity contribution in [1.82, 2.24) is 4.98 Å². The molecule has 2 N–H and O–H groups in total. The number of nitrogens with one attached hydrogen (secondary N) is 2. The second-order valence-corrected chi connectivity index (χ2v) is 6.35. The maximum absolute atomic E-state index is 12.9. The maximum atomic E-state index is 12.9. The van der Waals surface area contributed by atoms with Gasteiger partial charge in [0.1, 0.15) is 17.1 Å². The average Bonchev–Trinajstić information content (AvgIpc) is 2.74.